The molecule has 1 saturated heterocycles. The lowest BCUT2D eigenvalue weighted by molar-refractivity contribution is 0.0725. The number of carbonyl (C=O) groups is 2. The van der Waals surface area contributed by atoms with Crippen molar-refractivity contribution in [2.24, 2.45) is 0 Å². The molecule has 0 unspecified atom stereocenters. The van der Waals surface area contributed by atoms with Gasteiger partial charge in [-0.3, -0.25) is 9.59 Å². The van der Waals surface area contributed by atoms with Gasteiger partial charge in [-0.15, -0.1) is 0 Å². The summed E-state index contributed by atoms with van der Waals surface area (Å²) in [6.07, 6.45) is 3.25. The monoisotopic (exact) mass is 351 g/mol. The molecule has 1 heterocycles. The smallest absolute Gasteiger partial charge is 0.255 e. The summed E-state index contributed by atoms with van der Waals surface area (Å²) in [6.45, 7) is 1.57. The Hall–Kier alpha value is -2.82. The molecular formula is C21H25N3O2. The normalized spacial score (nSPS) is 14.0. The molecule has 3 rings (SSSR count). The lowest BCUT2D eigenvalue weighted by atomic mass is 10.1. The van der Waals surface area contributed by atoms with Crippen molar-refractivity contribution in [2.45, 2.75) is 19.3 Å². The zero-order valence-corrected chi connectivity index (χ0v) is 15.4. The van der Waals surface area contributed by atoms with Crippen LogP contribution in [0.5, 0.6) is 0 Å². The maximum absolute atomic E-state index is 12.8. The molecule has 0 saturated carbocycles. The van der Waals surface area contributed by atoms with Gasteiger partial charge < -0.3 is 15.1 Å². The van der Waals surface area contributed by atoms with E-state index in [2.05, 4.69) is 5.32 Å². The maximum atomic E-state index is 12.8. The molecule has 2 aromatic carbocycles. The number of carbonyl (C=O) groups excluding carboxylic acids is 2. The van der Waals surface area contributed by atoms with Crippen LogP contribution >= 0.6 is 0 Å². The standard InChI is InChI=1S/C21H25N3O2/c1-23(2)17-10-8-9-16(15-17)20(25)22-19-12-5-4-11-18(19)21(26)24-13-6-3-7-14-24/h4-5,8-12,15H,3,6-7,13-14H2,1-2H3,(H,22,25). The van der Waals surface area contributed by atoms with Gasteiger partial charge in [0.25, 0.3) is 11.8 Å². The van der Waals surface area contributed by atoms with E-state index in [1.165, 1.54) is 6.42 Å². The number of amides is 2. The summed E-state index contributed by atoms with van der Waals surface area (Å²) in [5.41, 5.74) is 2.63. The van der Waals surface area contributed by atoms with Gasteiger partial charge in [0.15, 0.2) is 0 Å². The molecule has 2 aromatic rings. The van der Waals surface area contributed by atoms with Crippen LogP contribution < -0.4 is 10.2 Å². The lowest BCUT2D eigenvalue weighted by Crippen LogP contribution is -2.36. The Bertz CT molecular complexity index is 795. The van der Waals surface area contributed by atoms with Crippen molar-refractivity contribution >= 4 is 23.2 Å². The van der Waals surface area contributed by atoms with Gasteiger partial charge in [-0.2, -0.15) is 0 Å². The van der Waals surface area contributed by atoms with Crippen molar-refractivity contribution in [1.29, 1.82) is 0 Å². The van der Waals surface area contributed by atoms with E-state index in [-0.39, 0.29) is 11.8 Å². The maximum Gasteiger partial charge on any atom is 0.255 e. The average molecular weight is 351 g/mol. The second-order valence-electron chi connectivity index (χ2n) is 6.80. The number of para-hydroxylation sites is 1. The average Bonchev–Trinajstić information content (AvgIpc) is 2.68. The van der Waals surface area contributed by atoms with Gasteiger partial charge in [-0.25, -0.2) is 0 Å². The molecule has 0 radical (unpaired) electrons. The van der Waals surface area contributed by atoms with Crippen LogP contribution in [-0.2, 0) is 0 Å². The van der Waals surface area contributed by atoms with Gasteiger partial charge in [0.05, 0.1) is 11.3 Å². The molecule has 0 spiro atoms. The SMILES string of the molecule is CN(C)c1cccc(C(=O)Nc2ccccc2C(=O)N2CCCCC2)c1. The Kier molecular flexibility index (Phi) is 5.56. The molecule has 2 amide bonds. The largest absolute Gasteiger partial charge is 0.378 e. The summed E-state index contributed by atoms with van der Waals surface area (Å²) < 4.78 is 0. The highest BCUT2D eigenvalue weighted by atomic mass is 16.2. The van der Waals surface area contributed by atoms with Crippen molar-refractivity contribution in [1.82, 2.24) is 4.90 Å². The van der Waals surface area contributed by atoms with Crippen molar-refractivity contribution in [2.75, 3.05) is 37.4 Å². The molecule has 0 bridgehead atoms. The summed E-state index contributed by atoms with van der Waals surface area (Å²) >= 11 is 0. The first-order valence-corrected chi connectivity index (χ1v) is 9.03. The van der Waals surface area contributed by atoms with E-state index < -0.39 is 0 Å². The van der Waals surface area contributed by atoms with Crippen LogP contribution in [0.1, 0.15) is 40.0 Å². The third-order valence-corrected chi connectivity index (χ3v) is 4.67. The van der Waals surface area contributed by atoms with Gasteiger partial charge in [0, 0.05) is 38.4 Å². The number of hydrogen-bond acceptors (Lipinski definition) is 3. The number of piperidine rings is 1. The van der Waals surface area contributed by atoms with Crippen molar-refractivity contribution in [3.63, 3.8) is 0 Å². The van der Waals surface area contributed by atoms with Gasteiger partial charge in [0.1, 0.15) is 0 Å². The summed E-state index contributed by atoms with van der Waals surface area (Å²) in [4.78, 5) is 29.4. The second-order valence-corrected chi connectivity index (χ2v) is 6.80. The van der Waals surface area contributed by atoms with E-state index in [1.807, 2.05) is 54.2 Å². The number of likely N-dealkylation sites (tertiary alicyclic amines) is 1. The Balaban J connectivity index is 1.80. The third kappa shape index (κ3) is 4.04. The minimum Gasteiger partial charge on any atom is -0.378 e. The molecule has 136 valence electrons. The van der Waals surface area contributed by atoms with Crippen LogP contribution in [0.3, 0.4) is 0 Å². The number of nitrogens with zero attached hydrogens (tertiary/aromatic N) is 2. The van der Waals surface area contributed by atoms with Crippen LogP contribution in [0.4, 0.5) is 11.4 Å². The first kappa shape index (κ1) is 18.0. The van der Waals surface area contributed by atoms with Gasteiger partial charge in [-0.05, 0) is 49.6 Å². The van der Waals surface area contributed by atoms with Crippen LogP contribution in [0.2, 0.25) is 0 Å². The summed E-state index contributed by atoms with van der Waals surface area (Å²) in [6, 6.07) is 14.6. The molecule has 1 N–H and O–H groups in total. The predicted octanol–water partition coefficient (Wildman–Crippen LogP) is 3.63. The van der Waals surface area contributed by atoms with Crippen LogP contribution in [0, 0.1) is 0 Å². The molecule has 1 fully saturated rings. The predicted molar refractivity (Wildman–Crippen MR) is 105 cm³/mol. The molecule has 0 atom stereocenters. The molecular weight excluding hydrogens is 326 g/mol. The zero-order chi connectivity index (χ0) is 18.5. The first-order chi connectivity index (χ1) is 12.6. The second kappa shape index (κ2) is 8.04. The van der Waals surface area contributed by atoms with E-state index >= 15 is 0 Å². The molecule has 0 aliphatic carbocycles. The van der Waals surface area contributed by atoms with Gasteiger partial charge in [0.2, 0.25) is 0 Å². The fourth-order valence-corrected chi connectivity index (χ4v) is 3.17. The van der Waals surface area contributed by atoms with Crippen molar-refractivity contribution in [3.05, 3.63) is 59.7 Å². The quantitative estimate of drug-likeness (QED) is 0.915. The number of benzene rings is 2. The van der Waals surface area contributed by atoms with E-state index in [0.717, 1.165) is 31.6 Å². The van der Waals surface area contributed by atoms with Crippen molar-refractivity contribution in [3.8, 4) is 0 Å². The topological polar surface area (TPSA) is 52.7 Å². The molecule has 1 aliphatic rings. The van der Waals surface area contributed by atoms with Crippen LogP contribution in [0.15, 0.2) is 48.5 Å². The Morgan fingerprint density at radius 1 is 0.962 bits per heavy atom. The van der Waals surface area contributed by atoms with Crippen LogP contribution in [0.25, 0.3) is 0 Å². The fraction of sp³-hybridized carbons (Fsp3) is 0.333. The number of nitrogens with one attached hydrogen (secondary N) is 1. The molecule has 5 nitrogen and oxygen atoms in total. The summed E-state index contributed by atoms with van der Waals surface area (Å²) in [5.74, 6) is -0.227. The number of anilines is 2. The van der Waals surface area contributed by atoms with E-state index in [9.17, 15) is 9.59 Å². The Labute approximate surface area is 154 Å². The third-order valence-electron chi connectivity index (χ3n) is 4.67. The highest BCUT2D eigenvalue weighted by molar-refractivity contribution is 6.09. The number of rotatable bonds is 4. The Morgan fingerprint density at radius 2 is 1.69 bits per heavy atom. The Morgan fingerprint density at radius 3 is 2.42 bits per heavy atom. The summed E-state index contributed by atoms with van der Waals surface area (Å²) in [5, 5.41) is 2.91. The number of hydrogen-bond donors (Lipinski definition) is 1. The van der Waals surface area contributed by atoms with Gasteiger partial charge >= 0.3 is 0 Å². The molecule has 5 heteroatoms. The zero-order valence-electron chi connectivity index (χ0n) is 15.4. The summed E-state index contributed by atoms with van der Waals surface area (Å²) in [7, 11) is 3.87. The van der Waals surface area contributed by atoms with E-state index in [0.29, 0.717) is 16.8 Å². The molecule has 0 aromatic heterocycles. The lowest BCUT2D eigenvalue weighted by Gasteiger charge is -2.27. The fourth-order valence-electron chi connectivity index (χ4n) is 3.17. The first-order valence-electron chi connectivity index (χ1n) is 9.03. The van der Waals surface area contributed by atoms with Gasteiger partial charge in [-0.1, -0.05) is 18.2 Å². The molecule has 1 aliphatic heterocycles. The molecule has 26 heavy (non-hydrogen) atoms. The highest BCUT2D eigenvalue weighted by Gasteiger charge is 2.21. The highest BCUT2D eigenvalue weighted by Crippen LogP contribution is 2.21. The van der Waals surface area contributed by atoms with Crippen LogP contribution in [-0.4, -0.2) is 43.9 Å². The minimum absolute atomic E-state index is 0.0114. The van der Waals surface area contributed by atoms with Crippen molar-refractivity contribution < 1.29 is 9.59 Å². The minimum atomic E-state index is -0.215. The van der Waals surface area contributed by atoms with E-state index in [4.69, 9.17) is 0 Å². The van der Waals surface area contributed by atoms with E-state index in [1.54, 1.807) is 18.2 Å².